The molecule has 0 bridgehead atoms. The van der Waals surface area contributed by atoms with E-state index < -0.39 is 0 Å². The zero-order valence-corrected chi connectivity index (χ0v) is 12.2. The Bertz CT molecular complexity index is 606. The van der Waals surface area contributed by atoms with E-state index in [0.717, 1.165) is 11.1 Å². The lowest BCUT2D eigenvalue weighted by Gasteiger charge is -2.12. The molecule has 0 aliphatic heterocycles. The van der Waals surface area contributed by atoms with Crippen molar-refractivity contribution in [2.45, 2.75) is 20.5 Å². The van der Waals surface area contributed by atoms with E-state index >= 15 is 0 Å². The molecule has 0 aliphatic rings. The van der Waals surface area contributed by atoms with E-state index in [1.54, 1.807) is 6.07 Å². The molecule has 0 fully saturated rings. The summed E-state index contributed by atoms with van der Waals surface area (Å²) >= 11 is 0. The van der Waals surface area contributed by atoms with E-state index in [0.29, 0.717) is 24.7 Å². The van der Waals surface area contributed by atoms with Crippen LogP contribution in [-0.2, 0) is 6.61 Å². The molecule has 0 saturated heterocycles. The second-order valence-electron chi connectivity index (χ2n) is 4.66. The molecule has 0 saturated carbocycles. The Morgan fingerprint density at radius 1 is 1.05 bits per heavy atom. The van der Waals surface area contributed by atoms with E-state index in [1.165, 1.54) is 11.8 Å². The average Bonchev–Trinajstić information content (AvgIpc) is 2.49. The van der Waals surface area contributed by atoms with Gasteiger partial charge in [-0.3, -0.25) is 0 Å². The summed E-state index contributed by atoms with van der Waals surface area (Å²) in [5.41, 5.74) is 3.08. The second kappa shape index (κ2) is 7.33. The highest BCUT2D eigenvalue weighted by Crippen LogP contribution is 2.28. The van der Waals surface area contributed by atoms with Gasteiger partial charge in [0.25, 0.3) is 0 Å². The summed E-state index contributed by atoms with van der Waals surface area (Å²) in [6, 6.07) is 13.6. The van der Waals surface area contributed by atoms with Gasteiger partial charge < -0.3 is 14.7 Å². The molecular formula is C17H19NO3. The summed E-state index contributed by atoms with van der Waals surface area (Å²) < 4.78 is 11.4. The lowest BCUT2D eigenvalue weighted by molar-refractivity contribution is 0.269. The fourth-order valence-corrected chi connectivity index (χ4v) is 1.90. The predicted molar refractivity (Wildman–Crippen MR) is 82.5 cm³/mol. The summed E-state index contributed by atoms with van der Waals surface area (Å²) in [4.78, 5) is 0. The Labute approximate surface area is 124 Å². The molecule has 0 aliphatic carbocycles. The average molecular weight is 285 g/mol. The first-order valence-corrected chi connectivity index (χ1v) is 6.85. The molecule has 0 spiro atoms. The Hall–Kier alpha value is -2.49. The van der Waals surface area contributed by atoms with Crippen LogP contribution in [0.5, 0.6) is 11.5 Å². The Kier molecular flexibility index (Phi) is 5.21. The number of nitrogens with zero attached hydrogens (tertiary/aromatic N) is 1. The van der Waals surface area contributed by atoms with Crippen LogP contribution < -0.4 is 9.47 Å². The van der Waals surface area contributed by atoms with Crippen LogP contribution in [0.3, 0.4) is 0 Å². The van der Waals surface area contributed by atoms with E-state index in [2.05, 4.69) is 24.2 Å². The number of hydrogen-bond acceptors (Lipinski definition) is 4. The van der Waals surface area contributed by atoms with Gasteiger partial charge in [-0.2, -0.15) is 0 Å². The topological polar surface area (TPSA) is 51.0 Å². The molecule has 0 amide bonds. The smallest absolute Gasteiger partial charge is 0.161 e. The Morgan fingerprint density at radius 2 is 1.81 bits per heavy atom. The van der Waals surface area contributed by atoms with Gasteiger partial charge in [-0.05, 0) is 37.6 Å². The standard InChI is InChI=1S/C17H19NO3/c1-3-20-17-10-15(11-18-19)8-9-16(17)21-12-14-6-4-13(2)5-7-14/h4-11,19H,3,12H2,1-2H3/b18-11+. The predicted octanol–water partition coefficient (Wildman–Crippen LogP) is 3.78. The fourth-order valence-electron chi connectivity index (χ4n) is 1.90. The van der Waals surface area contributed by atoms with Gasteiger partial charge >= 0.3 is 0 Å². The van der Waals surface area contributed by atoms with Crippen molar-refractivity contribution >= 4 is 6.21 Å². The van der Waals surface area contributed by atoms with E-state index in [9.17, 15) is 0 Å². The Balaban J connectivity index is 2.12. The van der Waals surface area contributed by atoms with Crippen molar-refractivity contribution < 1.29 is 14.7 Å². The lowest BCUT2D eigenvalue weighted by atomic mass is 10.2. The van der Waals surface area contributed by atoms with Crippen LogP contribution in [0.4, 0.5) is 0 Å². The number of benzene rings is 2. The van der Waals surface area contributed by atoms with Crippen molar-refractivity contribution in [1.29, 1.82) is 0 Å². The summed E-state index contributed by atoms with van der Waals surface area (Å²) in [6.45, 7) is 4.99. The maximum absolute atomic E-state index is 8.58. The highest BCUT2D eigenvalue weighted by atomic mass is 16.5. The first kappa shape index (κ1) is 14.9. The Morgan fingerprint density at radius 3 is 2.48 bits per heavy atom. The van der Waals surface area contributed by atoms with Crippen molar-refractivity contribution in [1.82, 2.24) is 0 Å². The minimum Gasteiger partial charge on any atom is -0.490 e. The number of oxime groups is 1. The molecule has 4 nitrogen and oxygen atoms in total. The summed E-state index contributed by atoms with van der Waals surface area (Å²) in [5.74, 6) is 1.31. The molecule has 2 aromatic carbocycles. The van der Waals surface area contributed by atoms with Crippen molar-refractivity contribution in [2.24, 2.45) is 5.16 Å². The third kappa shape index (κ3) is 4.24. The number of ether oxygens (including phenoxy) is 2. The third-order valence-electron chi connectivity index (χ3n) is 2.99. The molecule has 0 heterocycles. The third-order valence-corrected chi connectivity index (χ3v) is 2.99. The molecule has 0 atom stereocenters. The van der Waals surface area contributed by atoms with Crippen LogP contribution in [0.25, 0.3) is 0 Å². The van der Waals surface area contributed by atoms with E-state index in [1.807, 2.05) is 31.2 Å². The van der Waals surface area contributed by atoms with Crippen molar-refractivity contribution in [2.75, 3.05) is 6.61 Å². The minimum atomic E-state index is 0.480. The number of hydrogen-bond donors (Lipinski definition) is 1. The van der Waals surface area contributed by atoms with Gasteiger partial charge in [-0.25, -0.2) is 0 Å². The van der Waals surface area contributed by atoms with Crippen molar-refractivity contribution in [3.05, 3.63) is 59.2 Å². The summed E-state index contributed by atoms with van der Waals surface area (Å²) in [6.07, 6.45) is 1.35. The molecular weight excluding hydrogens is 266 g/mol. The van der Waals surface area contributed by atoms with Gasteiger partial charge in [0.2, 0.25) is 0 Å². The SMILES string of the molecule is CCOc1cc(/C=N/O)ccc1OCc1ccc(C)cc1. The lowest BCUT2D eigenvalue weighted by Crippen LogP contribution is -2.00. The molecule has 0 aromatic heterocycles. The quantitative estimate of drug-likeness (QED) is 0.499. The normalized spacial score (nSPS) is 10.8. The van der Waals surface area contributed by atoms with Gasteiger partial charge in [0.05, 0.1) is 12.8 Å². The highest BCUT2D eigenvalue weighted by Gasteiger charge is 2.06. The van der Waals surface area contributed by atoms with Crippen LogP contribution in [0.2, 0.25) is 0 Å². The zero-order chi connectivity index (χ0) is 15.1. The van der Waals surface area contributed by atoms with Crippen molar-refractivity contribution in [3.8, 4) is 11.5 Å². The van der Waals surface area contributed by atoms with Gasteiger partial charge in [-0.1, -0.05) is 35.0 Å². The molecule has 0 radical (unpaired) electrons. The first-order valence-electron chi connectivity index (χ1n) is 6.85. The van der Waals surface area contributed by atoms with Crippen LogP contribution in [-0.4, -0.2) is 18.0 Å². The van der Waals surface area contributed by atoms with Crippen LogP contribution in [0.1, 0.15) is 23.6 Å². The van der Waals surface area contributed by atoms with Crippen LogP contribution >= 0.6 is 0 Å². The van der Waals surface area contributed by atoms with Crippen molar-refractivity contribution in [3.63, 3.8) is 0 Å². The number of aryl methyl sites for hydroxylation is 1. The molecule has 2 aromatic rings. The molecule has 1 N–H and O–H groups in total. The van der Waals surface area contributed by atoms with Crippen LogP contribution in [0.15, 0.2) is 47.6 Å². The summed E-state index contributed by atoms with van der Waals surface area (Å²) in [5, 5.41) is 11.6. The largest absolute Gasteiger partial charge is 0.490 e. The van der Waals surface area contributed by atoms with E-state index in [4.69, 9.17) is 14.7 Å². The highest BCUT2D eigenvalue weighted by molar-refractivity contribution is 5.80. The molecule has 4 heteroatoms. The van der Waals surface area contributed by atoms with Gasteiger partial charge in [-0.15, -0.1) is 0 Å². The maximum Gasteiger partial charge on any atom is 0.161 e. The van der Waals surface area contributed by atoms with Crippen LogP contribution in [0, 0.1) is 6.92 Å². The molecule has 110 valence electrons. The monoisotopic (exact) mass is 285 g/mol. The first-order chi connectivity index (χ1) is 10.2. The van der Waals surface area contributed by atoms with Gasteiger partial charge in [0, 0.05) is 5.56 Å². The maximum atomic E-state index is 8.58. The zero-order valence-electron chi connectivity index (χ0n) is 12.2. The fraction of sp³-hybridized carbons (Fsp3) is 0.235. The molecule has 21 heavy (non-hydrogen) atoms. The number of rotatable bonds is 6. The summed E-state index contributed by atoms with van der Waals surface area (Å²) in [7, 11) is 0. The minimum absolute atomic E-state index is 0.480. The molecule has 2 rings (SSSR count). The van der Waals surface area contributed by atoms with E-state index in [-0.39, 0.29) is 0 Å². The van der Waals surface area contributed by atoms with Gasteiger partial charge in [0.15, 0.2) is 11.5 Å². The van der Waals surface area contributed by atoms with Gasteiger partial charge in [0.1, 0.15) is 6.61 Å². The second-order valence-corrected chi connectivity index (χ2v) is 4.66. The molecule has 0 unspecified atom stereocenters.